The molecule has 1 heterocycles. The van der Waals surface area contributed by atoms with Crippen LogP contribution in [0.25, 0.3) is 0 Å². The Morgan fingerprint density at radius 3 is 2.79 bits per heavy atom. The molecule has 82 valence electrons. The Balaban J connectivity index is 2.11. The molecular weight excluding hydrogens is 182 g/mol. The third-order valence-corrected chi connectivity index (χ3v) is 2.53. The zero-order valence-electron chi connectivity index (χ0n) is 8.66. The first kappa shape index (κ1) is 11.5. The molecule has 14 heavy (non-hydrogen) atoms. The number of hydrogen-bond donors (Lipinski definition) is 2. The van der Waals surface area contributed by atoms with Crippen molar-refractivity contribution in [2.45, 2.75) is 44.7 Å². The van der Waals surface area contributed by atoms with E-state index in [2.05, 4.69) is 5.32 Å². The molecule has 1 rings (SSSR count). The predicted octanol–water partition coefficient (Wildman–Crippen LogP) is 1.01. The Labute approximate surface area is 84.6 Å². The number of ether oxygens (including phenoxy) is 1. The summed E-state index contributed by atoms with van der Waals surface area (Å²) in [6.07, 6.45) is 3.03. The van der Waals surface area contributed by atoms with Gasteiger partial charge in [-0.2, -0.15) is 0 Å². The van der Waals surface area contributed by atoms with E-state index >= 15 is 0 Å². The molecule has 2 N–H and O–H groups in total. The Morgan fingerprint density at radius 2 is 2.21 bits per heavy atom. The van der Waals surface area contributed by atoms with Gasteiger partial charge in [0.2, 0.25) is 0 Å². The fraction of sp³-hybridized carbons (Fsp3) is 0.900. The van der Waals surface area contributed by atoms with Crippen LogP contribution in [0.2, 0.25) is 0 Å². The smallest absolute Gasteiger partial charge is 0.303 e. The Hall–Kier alpha value is -0.610. The van der Waals surface area contributed by atoms with Gasteiger partial charge in [0, 0.05) is 31.7 Å². The first-order chi connectivity index (χ1) is 6.68. The summed E-state index contributed by atoms with van der Waals surface area (Å²) in [5.74, 6) is -0.717. The lowest BCUT2D eigenvalue weighted by molar-refractivity contribution is -0.137. The molecule has 1 atom stereocenters. The van der Waals surface area contributed by atoms with Crippen LogP contribution in [0.3, 0.4) is 0 Å². The van der Waals surface area contributed by atoms with Crippen molar-refractivity contribution >= 4 is 5.97 Å². The molecule has 4 heteroatoms. The van der Waals surface area contributed by atoms with Crippen LogP contribution in [0, 0.1) is 0 Å². The molecule has 1 unspecified atom stereocenters. The molecule has 0 radical (unpaired) electrons. The molecule has 0 spiro atoms. The number of carboxylic acid groups (broad SMARTS) is 1. The highest BCUT2D eigenvalue weighted by molar-refractivity contribution is 5.66. The topological polar surface area (TPSA) is 58.6 Å². The van der Waals surface area contributed by atoms with Crippen molar-refractivity contribution < 1.29 is 14.6 Å². The summed E-state index contributed by atoms with van der Waals surface area (Å²) >= 11 is 0. The maximum atomic E-state index is 10.3. The van der Waals surface area contributed by atoms with Crippen LogP contribution in [0.5, 0.6) is 0 Å². The van der Waals surface area contributed by atoms with Gasteiger partial charge in [-0.25, -0.2) is 0 Å². The highest BCUT2D eigenvalue weighted by atomic mass is 16.5. The average Bonchev–Trinajstić information content (AvgIpc) is 2.16. The van der Waals surface area contributed by atoms with Gasteiger partial charge < -0.3 is 15.2 Å². The van der Waals surface area contributed by atoms with Gasteiger partial charge in [-0.05, 0) is 26.2 Å². The van der Waals surface area contributed by atoms with Gasteiger partial charge in [0.15, 0.2) is 0 Å². The van der Waals surface area contributed by atoms with Crippen molar-refractivity contribution in [1.29, 1.82) is 0 Å². The molecule has 0 amide bonds. The number of nitrogens with one attached hydrogen (secondary N) is 1. The minimum absolute atomic E-state index is 0.247. The molecule has 0 saturated carbocycles. The largest absolute Gasteiger partial charge is 0.481 e. The maximum absolute atomic E-state index is 10.3. The molecular formula is C10H19NO3. The van der Waals surface area contributed by atoms with Crippen LogP contribution in [0.1, 0.15) is 32.6 Å². The summed E-state index contributed by atoms with van der Waals surface area (Å²) in [6, 6.07) is 0.793. The molecule has 1 saturated heterocycles. The van der Waals surface area contributed by atoms with Crippen LogP contribution in [0.15, 0.2) is 0 Å². The van der Waals surface area contributed by atoms with Crippen LogP contribution in [-0.4, -0.2) is 36.4 Å². The number of hydrogen-bond acceptors (Lipinski definition) is 3. The van der Waals surface area contributed by atoms with E-state index in [4.69, 9.17) is 9.84 Å². The molecule has 1 fully saturated rings. The van der Waals surface area contributed by atoms with Crippen LogP contribution < -0.4 is 5.32 Å². The molecule has 0 aromatic heterocycles. The van der Waals surface area contributed by atoms with E-state index in [1.165, 1.54) is 0 Å². The second-order valence-corrected chi connectivity index (χ2v) is 3.89. The third kappa shape index (κ3) is 4.58. The highest BCUT2D eigenvalue weighted by Gasteiger charge is 2.15. The van der Waals surface area contributed by atoms with Crippen LogP contribution in [0.4, 0.5) is 0 Å². The fourth-order valence-corrected chi connectivity index (χ4v) is 1.69. The third-order valence-electron chi connectivity index (χ3n) is 2.53. The Morgan fingerprint density at radius 1 is 1.57 bits per heavy atom. The second-order valence-electron chi connectivity index (χ2n) is 3.89. The quantitative estimate of drug-likeness (QED) is 0.697. The van der Waals surface area contributed by atoms with Gasteiger partial charge in [-0.1, -0.05) is 0 Å². The molecule has 0 bridgehead atoms. The lowest BCUT2D eigenvalue weighted by Gasteiger charge is -2.26. The summed E-state index contributed by atoms with van der Waals surface area (Å²) in [5.41, 5.74) is 0. The van der Waals surface area contributed by atoms with E-state index in [1.54, 1.807) is 0 Å². The van der Waals surface area contributed by atoms with E-state index < -0.39 is 5.97 Å². The van der Waals surface area contributed by atoms with Crippen LogP contribution >= 0.6 is 0 Å². The zero-order chi connectivity index (χ0) is 10.4. The van der Waals surface area contributed by atoms with Gasteiger partial charge >= 0.3 is 5.97 Å². The van der Waals surface area contributed by atoms with Gasteiger partial charge in [0.25, 0.3) is 0 Å². The Kier molecular flexibility index (Phi) is 4.90. The van der Waals surface area contributed by atoms with Gasteiger partial charge in [-0.3, -0.25) is 4.79 Å². The minimum atomic E-state index is -0.717. The molecule has 0 aromatic carbocycles. The lowest BCUT2D eigenvalue weighted by atomic mass is 10.1. The highest BCUT2D eigenvalue weighted by Crippen LogP contribution is 2.08. The van der Waals surface area contributed by atoms with E-state index in [1.807, 2.05) is 6.92 Å². The van der Waals surface area contributed by atoms with Gasteiger partial charge in [0.1, 0.15) is 0 Å². The summed E-state index contributed by atoms with van der Waals surface area (Å²) < 4.78 is 5.25. The number of rotatable bonds is 5. The first-order valence-electron chi connectivity index (χ1n) is 5.24. The van der Waals surface area contributed by atoms with E-state index in [-0.39, 0.29) is 12.5 Å². The van der Waals surface area contributed by atoms with E-state index in [0.717, 1.165) is 26.1 Å². The van der Waals surface area contributed by atoms with E-state index in [9.17, 15) is 4.79 Å². The second kappa shape index (κ2) is 5.98. The molecule has 1 aliphatic rings. The fourth-order valence-electron chi connectivity index (χ4n) is 1.69. The van der Waals surface area contributed by atoms with Crippen molar-refractivity contribution in [3.63, 3.8) is 0 Å². The zero-order valence-corrected chi connectivity index (χ0v) is 8.66. The first-order valence-corrected chi connectivity index (χ1v) is 5.24. The summed E-state index contributed by atoms with van der Waals surface area (Å²) in [4.78, 5) is 10.3. The van der Waals surface area contributed by atoms with Crippen molar-refractivity contribution in [2.24, 2.45) is 0 Å². The number of carboxylic acids is 1. The van der Waals surface area contributed by atoms with Gasteiger partial charge in [0.05, 0.1) is 0 Å². The van der Waals surface area contributed by atoms with Gasteiger partial charge in [-0.15, -0.1) is 0 Å². The SMILES string of the molecule is CC(CCC(=O)O)NC1CCOCC1. The monoisotopic (exact) mass is 201 g/mol. The molecule has 4 nitrogen and oxygen atoms in total. The summed E-state index contributed by atoms with van der Waals surface area (Å²) in [5, 5.41) is 12.0. The van der Waals surface area contributed by atoms with Crippen molar-refractivity contribution in [3.8, 4) is 0 Å². The average molecular weight is 201 g/mol. The maximum Gasteiger partial charge on any atom is 0.303 e. The van der Waals surface area contributed by atoms with Crippen molar-refractivity contribution in [2.75, 3.05) is 13.2 Å². The molecule has 0 aromatic rings. The minimum Gasteiger partial charge on any atom is -0.481 e. The van der Waals surface area contributed by atoms with E-state index in [0.29, 0.717) is 12.5 Å². The Bertz CT molecular complexity index is 178. The lowest BCUT2D eigenvalue weighted by Crippen LogP contribution is -2.40. The van der Waals surface area contributed by atoms with Crippen LogP contribution in [-0.2, 0) is 9.53 Å². The summed E-state index contributed by atoms with van der Waals surface area (Å²) in [6.45, 7) is 3.69. The number of carbonyl (C=O) groups is 1. The molecule has 0 aliphatic carbocycles. The predicted molar refractivity (Wildman–Crippen MR) is 53.3 cm³/mol. The summed E-state index contributed by atoms with van der Waals surface area (Å²) in [7, 11) is 0. The van der Waals surface area contributed by atoms with Crippen molar-refractivity contribution in [1.82, 2.24) is 5.32 Å². The molecule has 1 aliphatic heterocycles. The van der Waals surface area contributed by atoms with Crippen molar-refractivity contribution in [3.05, 3.63) is 0 Å². The number of aliphatic carboxylic acids is 1. The normalized spacial score (nSPS) is 20.6. The standard InChI is InChI=1S/C10H19NO3/c1-8(2-3-10(12)13)11-9-4-6-14-7-5-9/h8-9,11H,2-7H2,1H3,(H,12,13).